The van der Waals surface area contributed by atoms with Gasteiger partial charge in [-0.3, -0.25) is 9.59 Å². The lowest BCUT2D eigenvalue weighted by Crippen LogP contribution is -2.33. The maximum atomic E-state index is 13.4. The number of halogens is 2. The van der Waals surface area contributed by atoms with Crippen molar-refractivity contribution in [2.75, 3.05) is 6.54 Å². The maximum Gasteiger partial charge on any atom is 0.290 e. The number of ketones is 1. The molecule has 33 heavy (non-hydrogen) atoms. The predicted molar refractivity (Wildman–Crippen MR) is 120 cm³/mol. The lowest BCUT2D eigenvalue weighted by Gasteiger charge is -2.20. The van der Waals surface area contributed by atoms with Gasteiger partial charge in [-0.05, 0) is 68.1 Å². The van der Waals surface area contributed by atoms with E-state index < -0.39 is 17.6 Å². The van der Waals surface area contributed by atoms with Crippen molar-refractivity contribution in [2.24, 2.45) is 0 Å². The second kappa shape index (κ2) is 9.57. The molecule has 2 aromatic carbocycles. The molecular weight excluding hydrogens is 424 g/mol. The molecule has 3 aromatic rings. The molecule has 170 valence electrons. The Labute approximate surface area is 191 Å². The van der Waals surface area contributed by atoms with Crippen LogP contribution in [0.4, 0.5) is 8.78 Å². The van der Waals surface area contributed by atoms with E-state index in [4.69, 9.17) is 0 Å². The largest absolute Gasteiger partial charge is 0.333 e. The van der Waals surface area contributed by atoms with Gasteiger partial charge in [0.2, 0.25) is 5.78 Å². The Morgan fingerprint density at radius 2 is 1.45 bits per heavy atom. The van der Waals surface area contributed by atoms with Crippen molar-refractivity contribution in [1.82, 2.24) is 14.9 Å². The Bertz CT molecular complexity index is 1100. The molecule has 1 aromatic heterocycles. The summed E-state index contributed by atoms with van der Waals surface area (Å²) in [6.07, 6.45) is 2.57. The number of carbonyl (C=O) groups is 2. The molecule has 1 fully saturated rings. The smallest absolute Gasteiger partial charge is 0.290 e. The van der Waals surface area contributed by atoms with E-state index in [1.165, 1.54) is 30.6 Å². The van der Waals surface area contributed by atoms with Crippen molar-refractivity contribution >= 4 is 11.7 Å². The molecule has 1 atom stereocenters. The lowest BCUT2D eigenvalue weighted by molar-refractivity contribution is -0.141. The molecule has 5 nitrogen and oxygen atoms in total. The fourth-order valence-corrected chi connectivity index (χ4v) is 4.22. The van der Waals surface area contributed by atoms with Crippen LogP contribution in [0, 0.1) is 11.6 Å². The second-order valence-electron chi connectivity index (χ2n) is 8.69. The minimum atomic E-state index is -0.626. The van der Waals surface area contributed by atoms with E-state index in [0.29, 0.717) is 25.1 Å². The summed E-state index contributed by atoms with van der Waals surface area (Å²) in [6.45, 7) is 4.05. The van der Waals surface area contributed by atoms with Crippen LogP contribution in [0.3, 0.4) is 0 Å². The monoisotopic (exact) mass is 449 g/mol. The molecule has 4 rings (SSSR count). The van der Waals surface area contributed by atoms with Gasteiger partial charge in [-0.15, -0.1) is 0 Å². The number of aromatic nitrogens is 2. The van der Waals surface area contributed by atoms with Crippen LogP contribution in [0.25, 0.3) is 0 Å². The Kier molecular flexibility index (Phi) is 6.58. The average Bonchev–Trinajstić information content (AvgIpc) is 3.11. The number of hydrogen-bond acceptors (Lipinski definition) is 4. The summed E-state index contributed by atoms with van der Waals surface area (Å²) < 4.78 is 26.8. The van der Waals surface area contributed by atoms with Gasteiger partial charge >= 0.3 is 0 Å². The van der Waals surface area contributed by atoms with Gasteiger partial charge in [-0.2, -0.15) is 0 Å². The fourth-order valence-electron chi connectivity index (χ4n) is 4.22. The number of hydrogen-bond donors (Lipinski definition) is 0. The summed E-state index contributed by atoms with van der Waals surface area (Å²) in [5.74, 6) is -2.30. The van der Waals surface area contributed by atoms with Gasteiger partial charge in [0, 0.05) is 24.2 Å². The Hall–Kier alpha value is -3.48. The topological polar surface area (TPSA) is 63.2 Å². The zero-order chi connectivity index (χ0) is 23.5. The molecular formula is C26H25F2N3O2. The molecule has 1 unspecified atom stereocenters. The summed E-state index contributed by atoms with van der Waals surface area (Å²) in [6, 6.07) is 14.3. The van der Waals surface area contributed by atoms with E-state index in [9.17, 15) is 18.4 Å². The van der Waals surface area contributed by atoms with E-state index in [0.717, 1.165) is 16.8 Å². The van der Waals surface area contributed by atoms with Crippen molar-refractivity contribution in [3.05, 3.63) is 95.1 Å². The van der Waals surface area contributed by atoms with Crippen LogP contribution < -0.4 is 0 Å². The minimum Gasteiger partial charge on any atom is -0.333 e. The van der Waals surface area contributed by atoms with Gasteiger partial charge in [0.1, 0.15) is 18.0 Å². The van der Waals surface area contributed by atoms with Crippen LogP contribution in [0.2, 0.25) is 0 Å². The van der Waals surface area contributed by atoms with Gasteiger partial charge in [0.25, 0.3) is 5.91 Å². The van der Waals surface area contributed by atoms with Gasteiger partial charge in [-0.1, -0.05) is 24.3 Å². The van der Waals surface area contributed by atoms with E-state index in [-0.39, 0.29) is 23.6 Å². The number of nitrogens with zero attached hydrogens (tertiary/aromatic N) is 3. The molecule has 0 spiro atoms. The molecule has 0 N–H and O–H groups in total. The molecule has 1 aliphatic rings. The Balaban J connectivity index is 1.65. The van der Waals surface area contributed by atoms with Crippen LogP contribution in [-0.4, -0.2) is 39.1 Å². The fraction of sp³-hybridized carbons (Fsp3) is 0.308. The molecule has 2 heterocycles. The van der Waals surface area contributed by atoms with Crippen molar-refractivity contribution in [1.29, 1.82) is 0 Å². The minimum absolute atomic E-state index is 0.0718. The van der Waals surface area contributed by atoms with Crippen molar-refractivity contribution < 1.29 is 18.4 Å². The molecule has 0 radical (unpaired) electrons. The molecule has 1 saturated heterocycles. The number of likely N-dealkylation sites (tertiary alicyclic amines) is 1. The summed E-state index contributed by atoms with van der Waals surface area (Å²) in [4.78, 5) is 35.3. The molecule has 0 saturated carbocycles. The van der Waals surface area contributed by atoms with Gasteiger partial charge in [0.15, 0.2) is 0 Å². The second-order valence-corrected chi connectivity index (χ2v) is 8.69. The van der Waals surface area contributed by atoms with Crippen LogP contribution >= 0.6 is 0 Å². The first kappa shape index (κ1) is 22.7. The summed E-state index contributed by atoms with van der Waals surface area (Å²) in [7, 11) is 0. The maximum absolute atomic E-state index is 13.4. The molecule has 1 amide bonds. The number of Topliss-reactive ketones (excluding diaryl/α,β-unsaturated/α-hetero) is 1. The van der Waals surface area contributed by atoms with Crippen LogP contribution in [0.15, 0.2) is 60.9 Å². The van der Waals surface area contributed by atoms with Crippen LogP contribution in [-0.2, 0) is 22.4 Å². The standard InChI is InChI=1S/C26H25F2N3O2/c1-16(2)31-14-22(25(32)26(31)33)24-13-23(29-15-30-24)19(11-17-3-7-20(27)8-4-17)12-18-5-9-21(28)10-6-18/h3-10,13,15-16,19,22H,11-12,14H2,1-2H3. The number of carbonyl (C=O) groups excluding carboxylic acids is 2. The van der Waals surface area contributed by atoms with E-state index in [1.807, 2.05) is 13.8 Å². The van der Waals surface area contributed by atoms with E-state index in [1.54, 1.807) is 35.2 Å². The highest BCUT2D eigenvalue weighted by atomic mass is 19.1. The Morgan fingerprint density at radius 3 is 1.94 bits per heavy atom. The zero-order valence-electron chi connectivity index (χ0n) is 18.5. The molecule has 0 bridgehead atoms. The van der Waals surface area contributed by atoms with Crippen molar-refractivity contribution in [2.45, 2.75) is 44.6 Å². The number of rotatable bonds is 7. The zero-order valence-corrected chi connectivity index (χ0v) is 18.5. The third-order valence-electron chi connectivity index (χ3n) is 6.07. The quantitative estimate of drug-likeness (QED) is 0.507. The first-order valence-electron chi connectivity index (χ1n) is 11.0. The van der Waals surface area contributed by atoms with Crippen molar-refractivity contribution in [3.63, 3.8) is 0 Å². The number of amides is 1. The summed E-state index contributed by atoms with van der Waals surface area (Å²) >= 11 is 0. The molecule has 1 aliphatic heterocycles. The van der Waals surface area contributed by atoms with Gasteiger partial charge < -0.3 is 4.90 Å². The van der Waals surface area contributed by atoms with Gasteiger partial charge in [0.05, 0.1) is 11.6 Å². The molecule has 7 heteroatoms. The normalized spacial score (nSPS) is 16.3. The Morgan fingerprint density at radius 1 is 0.909 bits per heavy atom. The SMILES string of the molecule is CC(C)N1CC(c2cc(C(Cc3ccc(F)cc3)Cc3ccc(F)cc3)ncn2)C(=O)C1=O. The first-order valence-corrected chi connectivity index (χ1v) is 11.0. The third kappa shape index (κ3) is 5.13. The van der Waals surface area contributed by atoms with Crippen molar-refractivity contribution in [3.8, 4) is 0 Å². The highest BCUT2D eigenvalue weighted by Gasteiger charge is 2.41. The summed E-state index contributed by atoms with van der Waals surface area (Å²) in [5.41, 5.74) is 3.10. The highest BCUT2D eigenvalue weighted by molar-refractivity contribution is 6.40. The average molecular weight is 450 g/mol. The van der Waals surface area contributed by atoms with Crippen LogP contribution in [0.1, 0.15) is 48.2 Å². The summed E-state index contributed by atoms with van der Waals surface area (Å²) in [5, 5.41) is 0. The van der Waals surface area contributed by atoms with Gasteiger partial charge in [-0.25, -0.2) is 18.7 Å². The first-order chi connectivity index (χ1) is 15.8. The van der Waals surface area contributed by atoms with Crippen LogP contribution in [0.5, 0.6) is 0 Å². The highest BCUT2D eigenvalue weighted by Crippen LogP contribution is 2.29. The van der Waals surface area contributed by atoms with E-state index >= 15 is 0 Å². The van der Waals surface area contributed by atoms with E-state index in [2.05, 4.69) is 9.97 Å². The molecule has 0 aliphatic carbocycles. The predicted octanol–water partition coefficient (Wildman–Crippen LogP) is 4.23. The third-order valence-corrected chi connectivity index (χ3v) is 6.07. The number of benzene rings is 2. The lowest BCUT2D eigenvalue weighted by atomic mass is 9.88.